The van der Waals surface area contributed by atoms with Gasteiger partial charge in [-0.3, -0.25) is 4.79 Å². The number of nitrogens with zero attached hydrogens (tertiary/aromatic N) is 2. The van der Waals surface area contributed by atoms with Crippen molar-refractivity contribution in [2.45, 2.75) is 39.2 Å². The molecule has 0 amide bonds. The first-order valence-electron chi connectivity index (χ1n) is 8.06. The minimum atomic E-state index is -0.909. The number of Topliss-reactive ketones (excluding diaryl/α,β-unsaturated/α-hetero) is 1. The smallest absolute Gasteiger partial charge is 0.294 e. The Bertz CT molecular complexity index is 913. The minimum Gasteiger partial charge on any atom is -0.294 e. The zero-order valence-electron chi connectivity index (χ0n) is 14.1. The van der Waals surface area contributed by atoms with Crippen LogP contribution >= 0.6 is 0 Å². The fourth-order valence-corrected chi connectivity index (χ4v) is 3.22. The number of carbonyl (C=O) groups is 1. The molecular formula is C18H21N3O3. The summed E-state index contributed by atoms with van der Waals surface area (Å²) < 4.78 is 2.33. The van der Waals surface area contributed by atoms with E-state index in [0.29, 0.717) is 23.6 Å². The van der Waals surface area contributed by atoms with Crippen molar-refractivity contribution in [3.05, 3.63) is 62.9 Å². The van der Waals surface area contributed by atoms with Gasteiger partial charge in [-0.05, 0) is 38.3 Å². The molecule has 3 rings (SSSR count). The second kappa shape index (κ2) is 5.78. The SMILES string of the molecule is C[C@@H]1CC=C(C(C)(C)n2[nH]c(=O)n(-c3ccccc3)c2=O)C(=O)C1. The highest BCUT2D eigenvalue weighted by atomic mass is 16.2. The van der Waals surface area contributed by atoms with Crippen LogP contribution in [0.3, 0.4) is 0 Å². The Balaban J connectivity index is 2.12. The molecule has 1 aromatic heterocycles. The summed E-state index contributed by atoms with van der Waals surface area (Å²) >= 11 is 0. The van der Waals surface area contributed by atoms with Gasteiger partial charge in [0.1, 0.15) is 0 Å². The molecule has 1 N–H and O–H groups in total. The fourth-order valence-electron chi connectivity index (χ4n) is 3.22. The molecule has 24 heavy (non-hydrogen) atoms. The Hall–Kier alpha value is -2.63. The number of ketones is 1. The first-order chi connectivity index (χ1) is 11.3. The van der Waals surface area contributed by atoms with Gasteiger partial charge in [0.05, 0.1) is 11.2 Å². The largest absolute Gasteiger partial charge is 0.352 e. The number of hydrogen-bond donors (Lipinski definition) is 1. The summed E-state index contributed by atoms with van der Waals surface area (Å²) in [6.45, 7) is 5.58. The third-order valence-electron chi connectivity index (χ3n) is 4.58. The zero-order valence-corrected chi connectivity index (χ0v) is 14.1. The van der Waals surface area contributed by atoms with Crippen LogP contribution in [0.4, 0.5) is 0 Å². The maximum absolute atomic E-state index is 12.8. The summed E-state index contributed by atoms with van der Waals surface area (Å²) in [6, 6.07) is 8.73. The van der Waals surface area contributed by atoms with Gasteiger partial charge in [-0.15, -0.1) is 0 Å². The highest BCUT2D eigenvalue weighted by Crippen LogP contribution is 2.31. The van der Waals surface area contributed by atoms with Crippen molar-refractivity contribution in [3.8, 4) is 5.69 Å². The van der Waals surface area contributed by atoms with E-state index in [0.717, 1.165) is 11.0 Å². The quantitative estimate of drug-likeness (QED) is 0.936. The summed E-state index contributed by atoms with van der Waals surface area (Å²) in [5.74, 6) is 0.334. The first-order valence-corrected chi connectivity index (χ1v) is 8.06. The van der Waals surface area contributed by atoms with Crippen molar-refractivity contribution in [3.63, 3.8) is 0 Å². The third kappa shape index (κ3) is 2.58. The van der Waals surface area contributed by atoms with E-state index in [1.54, 1.807) is 38.1 Å². The van der Waals surface area contributed by atoms with Crippen LogP contribution in [-0.2, 0) is 10.3 Å². The lowest BCUT2D eigenvalue weighted by Crippen LogP contribution is -2.42. The number of nitrogens with one attached hydrogen (secondary N) is 1. The van der Waals surface area contributed by atoms with Crippen LogP contribution in [-0.4, -0.2) is 20.1 Å². The van der Waals surface area contributed by atoms with E-state index in [1.807, 2.05) is 19.1 Å². The number of rotatable bonds is 3. The van der Waals surface area contributed by atoms with Crippen LogP contribution in [0.5, 0.6) is 0 Å². The van der Waals surface area contributed by atoms with Crippen LogP contribution < -0.4 is 11.4 Å². The molecule has 126 valence electrons. The van der Waals surface area contributed by atoms with Crippen molar-refractivity contribution >= 4 is 5.78 Å². The number of aromatic amines is 1. The molecule has 0 unspecified atom stereocenters. The van der Waals surface area contributed by atoms with Gasteiger partial charge in [-0.1, -0.05) is 31.2 Å². The molecule has 0 aliphatic heterocycles. The van der Waals surface area contributed by atoms with E-state index in [4.69, 9.17) is 0 Å². The Morgan fingerprint density at radius 2 is 1.79 bits per heavy atom. The minimum absolute atomic E-state index is 0.0268. The van der Waals surface area contributed by atoms with Gasteiger partial charge in [0.15, 0.2) is 5.78 Å². The van der Waals surface area contributed by atoms with Gasteiger partial charge in [0.2, 0.25) is 0 Å². The van der Waals surface area contributed by atoms with Crippen molar-refractivity contribution in [2.24, 2.45) is 5.92 Å². The normalized spacial score (nSPS) is 18.5. The number of para-hydroxylation sites is 1. The number of benzene rings is 1. The van der Waals surface area contributed by atoms with E-state index < -0.39 is 16.9 Å². The molecule has 0 saturated heterocycles. The van der Waals surface area contributed by atoms with E-state index in [2.05, 4.69) is 5.10 Å². The maximum atomic E-state index is 12.8. The second-order valence-corrected chi connectivity index (χ2v) is 6.85. The summed E-state index contributed by atoms with van der Waals surface area (Å²) in [5, 5.41) is 2.60. The van der Waals surface area contributed by atoms with E-state index in [-0.39, 0.29) is 5.78 Å². The number of aromatic nitrogens is 3. The number of H-pyrrole nitrogens is 1. The topological polar surface area (TPSA) is 76.9 Å². The van der Waals surface area contributed by atoms with Crippen LogP contribution in [0.2, 0.25) is 0 Å². The van der Waals surface area contributed by atoms with Gasteiger partial charge >= 0.3 is 11.4 Å². The van der Waals surface area contributed by atoms with Crippen molar-refractivity contribution in [1.29, 1.82) is 0 Å². The Morgan fingerprint density at radius 3 is 2.42 bits per heavy atom. The molecule has 1 aliphatic rings. The zero-order chi connectivity index (χ0) is 17.5. The van der Waals surface area contributed by atoms with Crippen molar-refractivity contribution < 1.29 is 4.79 Å². The van der Waals surface area contributed by atoms with E-state index in [9.17, 15) is 14.4 Å². The standard InChI is InChI=1S/C18H21N3O3/c1-12-9-10-14(15(22)11-12)18(2,3)21-17(24)20(16(23)19-21)13-7-5-4-6-8-13/h4-8,10,12H,9,11H2,1-3H3,(H,19,23)/t12-/m1/s1. The second-order valence-electron chi connectivity index (χ2n) is 6.85. The van der Waals surface area contributed by atoms with Gasteiger partial charge in [-0.2, -0.15) is 0 Å². The highest BCUT2D eigenvalue weighted by Gasteiger charge is 2.35. The Morgan fingerprint density at radius 1 is 1.12 bits per heavy atom. The van der Waals surface area contributed by atoms with Gasteiger partial charge < -0.3 is 0 Å². The molecule has 1 aromatic carbocycles. The molecule has 6 nitrogen and oxygen atoms in total. The lowest BCUT2D eigenvalue weighted by atomic mass is 9.81. The van der Waals surface area contributed by atoms with Gasteiger partial charge in [-0.25, -0.2) is 23.9 Å². The van der Waals surface area contributed by atoms with Crippen LogP contribution in [0.15, 0.2) is 51.6 Å². The number of carbonyl (C=O) groups excluding carboxylic acids is 1. The number of hydrogen-bond acceptors (Lipinski definition) is 3. The highest BCUT2D eigenvalue weighted by molar-refractivity contribution is 5.97. The molecule has 1 aliphatic carbocycles. The molecule has 0 fully saturated rings. The molecule has 2 aromatic rings. The summed E-state index contributed by atoms with van der Waals surface area (Å²) in [4.78, 5) is 37.5. The summed E-state index contributed by atoms with van der Waals surface area (Å²) in [6.07, 6.45) is 3.15. The Kier molecular flexibility index (Phi) is 3.91. The molecule has 1 atom stereocenters. The third-order valence-corrected chi connectivity index (χ3v) is 4.58. The van der Waals surface area contributed by atoms with Crippen molar-refractivity contribution in [2.75, 3.05) is 0 Å². The van der Waals surface area contributed by atoms with Crippen molar-refractivity contribution in [1.82, 2.24) is 14.3 Å². The monoisotopic (exact) mass is 327 g/mol. The fraction of sp³-hybridized carbons (Fsp3) is 0.389. The molecule has 0 saturated carbocycles. The van der Waals surface area contributed by atoms with E-state index in [1.165, 1.54) is 4.68 Å². The van der Waals surface area contributed by atoms with Gasteiger partial charge in [0, 0.05) is 12.0 Å². The van der Waals surface area contributed by atoms with Crippen LogP contribution in [0.25, 0.3) is 5.69 Å². The molecule has 0 bridgehead atoms. The lowest BCUT2D eigenvalue weighted by Gasteiger charge is -2.30. The molecule has 0 spiro atoms. The predicted molar refractivity (Wildman–Crippen MR) is 91.5 cm³/mol. The van der Waals surface area contributed by atoms with Crippen LogP contribution in [0, 0.1) is 5.92 Å². The lowest BCUT2D eigenvalue weighted by molar-refractivity contribution is -0.117. The number of allylic oxidation sites excluding steroid dienone is 2. The summed E-state index contributed by atoms with van der Waals surface area (Å²) in [5.41, 5.74) is -0.840. The molecule has 1 heterocycles. The average Bonchev–Trinajstić information content (AvgIpc) is 2.83. The summed E-state index contributed by atoms with van der Waals surface area (Å²) in [7, 11) is 0. The van der Waals surface area contributed by atoms with Crippen LogP contribution in [0.1, 0.15) is 33.6 Å². The maximum Gasteiger partial charge on any atom is 0.352 e. The molecule has 0 radical (unpaired) electrons. The van der Waals surface area contributed by atoms with E-state index >= 15 is 0 Å². The predicted octanol–water partition coefficient (Wildman–Crippen LogP) is 1.99. The molecule has 6 heteroatoms. The Labute approximate surface area is 139 Å². The average molecular weight is 327 g/mol. The van der Waals surface area contributed by atoms with Gasteiger partial charge in [0.25, 0.3) is 0 Å². The molecular weight excluding hydrogens is 306 g/mol. The first kappa shape index (κ1) is 16.2.